The first kappa shape index (κ1) is 18.8. The number of fused-ring (bicyclic) bond motifs is 4. The molecule has 2 aromatic carbocycles. The van der Waals surface area contributed by atoms with Crippen LogP contribution in [-0.4, -0.2) is 47.9 Å². The molecule has 3 saturated heterocycles. The second-order valence-corrected chi connectivity index (χ2v) is 8.74. The van der Waals surface area contributed by atoms with Crippen molar-refractivity contribution in [1.82, 2.24) is 4.90 Å². The van der Waals surface area contributed by atoms with Gasteiger partial charge in [0.05, 0.1) is 28.6 Å². The molecule has 6 rings (SSSR count). The number of hydrogen-bond donors (Lipinski definition) is 0. The summed E-state index contributed by atoms with van der Waals surface area (Å²) in [6.07, 6.45) is 1.69. The van der Waals surface area contributed by atoms with Crippen LogP contribution < -0.4 is 14.4 Å². The van der Waals surface area contributed by atoms with Gasteiger partial charge in [-0.15, -0.1) is 0 Å². The Kier molecular flexibility index (Phi) is 4.13. The van der Waals surface area contributed by atoms with Crippen LogP contribution >= 0.6 is 11.6 Å². The highest BCUT2D eigenvalue weighted by Crippen LogP contribution is 2.49. The van der Waals surface area contributed by atoms with Crippen molar-refractivity contribution in [3.63, 3.8) is 0 Å². The molecule has 2 amide bonds. The molecular formula is C23H19ClN2O5. The number of nitrogens with zero attached hydrogens (tertiary/aromatic N) is 2. The van der Waals surface area contributed by atoms with Gasteiger partial charge in [-0.2, -0.15) is 0 Å². The van der Waals surface area contributed by atoms with Crippen molar-refractivity contribution in [2.24, 2.45) is 11.8 Å². The minimum atomic E-state index is -0.716. The average Bonchev–Trinajstić information content (AvgIpc) is 3.51. The van der Waals surface area contributed by atoms with Crippen molar-refractivity contribution in [1.29, 1.82) is 0 Å². The molecule has 0 N–H and O–H groups in total. The van der Waals surface area contributed by atoms with Crippen LogP contribution in [-0.2, 0) is 9.59 Å². The summed E-state index contributed by atoms with van der Waals surface area (Å²) in [7, 11) is 0. The molecular weight excluding hydrogens is 420 g/mol. The second kappa shape index (κ2) is 6.80. The van der Waals surface area contributed by atoms with Gasteiger partial charge in [0.2, 0.25) is 18.6 Å². The van der Waals surface area contributed by atoms with E-state index in [9.17, 15) is 14.4 Å². The Morgan fingerprint density at radius 2 is 1.77 bits per heavy atom. The van der Waals surface area contributed by atoms with Gasteiger partial charge in [0, 0.05) is 17.7 Å². The zero-order valence-corrected chi connectivity index (χ0v) is 17.2. The Bertz CT molecular complexity index is 1130. The molecule has 2 aromatic rings. The first-order chi connectivity index (χ1) is 15.1. The summed E-state index contributed by atoms with van der Waals surface area (Å²) in [5, 5.41) is 0.357. The monoisotopic (exact) mass is 438 g/mol. The highest BCUT2D eigenvalue weighted by Gasteiger charge is 2.64. The molecule has 4 atom stereocenters. The lowest BCUT2D eigenvalue weighted by atomic mass is 9.85. The van der Waals surface area contributed by atoms with E-state index < -0.39 is 17.9 Å². The van der Waals surface area contributed by atoms with Crippen molar-refractivity contribution in [2.45, 2.75) is 24.9 Å². The Labute approximate surface area is 183 Å². The third-order valence-corrected chi connectivity index (χ3v) is 7.20. The smallest absolute Gasteiger partial charge is 0.239 e. The minimum absolute atomic E-state index is 0.109. The van der Waals surface area contributed by atoms with Crippen molar-refractivity contribution < 1.29 is 23.9 Å². The topological polar surface area (TPSA) is 76.1 Å². The normalized spacial score (nSPS) is 28.9. The lowest BCUT2D eigenvalue weighted by molar-refractivity contribution is -0.123. The molecule has 7 nitrogen and oxygen atoms in total. The largest absolute Gasteiger partial charge is 0.454 e. The minimum Gasteiger partial charge on any atom is -0.454 e. The highest BCUT2D eigenvalue weighted by atomic mass is 35.5. The maximum absolute atomic E-state index is 13.6. The number of imide groups is 1. The van der Waals surface area contributed by atoms with E-state index >= 15 is 0 Å². The van der Waals surface area contributed by atoms with E-state index in [4.69, 9.17) is 21.1 Å². The fourth-order valence-electron chi connectivity index (χ4n) is 5.61. The third-order valence-electron chi connectivity index (χ3n) is 6.87. The number of ether oxygens (including phenoxy) is 2. The van der Waals surface area contributed by atoms with E-state index in [1.807, 2.05) is 4.90 Å². The van der Waals surface area contributed by atoms with Gasteiger partial charge in [0.1, 0.15) is 0 Å². The van der Waals surface area contributed by atoms with Gasteiger partial charge < -0.3 is 9.47 Å². The molecule has 4 aliphatic heterocycles. The lowest BCUT2D eigenvalue weighted by Gasteiger charge is -2.27. The molecule has 4 unspecified atom stereocenters. The van der Waals surface area contributed by atoms with Gasteiger partial charge in [-0.3, -0.25) is 19.3 Å². The average molecular weight is 439 g/mol. The van der Waals surface area contributed by atoms with E-state index in [1.54, 1.807) is 42.5 Å². The summed E-state index contributed by atoms with van der Waals surface area (Å²) >= 11 is 6.30. The SMILES string of the molecule is O=C(c1ccccc1Cl)C1C2C(=O)N(c3ccc4c(c3)OCO4)C(=O)C2C2CCCN21. The van der Waals surface area contributed by atoms with E-state index in [1.165, 1.54) is 4.90 Å². The third kappa shape index (κ3) is 2.60. The van der Waals surface area contributed by atoms with Crippen molar-refractivity contribution in [2.75, 3.05) is 18.2 Å². The van der Waals surface area contributed by atoms with Crippen LogP contribution in [0.4, 0.5) is 5.69 Å². The number of anilines is 1. The molecule has 0 bridgehead atoms. The Hall–Kier alpha value is -2.90. The standard InChI is InChI=1S/C23H19ClN2O5/c24-14-5-2-1-4-13(14)21(27)20-19-18(15-6-3-9-25(15)20)22(28)26(23(19)29)12-7-8-16-17(10-12)31-11-30-16/h1-2,4-5,7-8,10,15,18-20H,3,6,9,11H2. The Morgan fingerprint density at radius 3 is 2.61 bits per heavy atom. The fraction of sp³-hybridized carbons (Fsp3) is 0.348. The summed E-state index contributed by atoms with van der Waals surface area (Å²) < 4.78 is 10.7. The molecule has 8 heteroatoms. The molecule has 4 aliphatic rings. The first-order valence-electron chi connectivity index (χ1n) is 10.4. The van der Waals surface area contributed by atoms with Gasteiger partial charge in [-0.25, -0.2) is 4.90 Å². The quantitative estimate of drug-likeness (QED) is 0.541. The first-order valence-corrected chi connectivity index (χ1v) is 10.8. The van der Waals surface area contributed by atoms with Crippen LogP contribution in [0.15, 0.2) is 42.5 Å². The summed E-state index contributed by atoms with van der Waals surface area (Å²) in [4.78, 5) is 43.9. The number of hydrogen-bond acceptors (Lipinski definition) is 6. The van der Waals surface area contributed by atoms with E-state index in [0.29, 0.717) is 34.3 Å². The van der Waals surface area contributed by atoms with E-state index in [2.05, 4.69) is 0 Å². The van der Waals surface area contributed by atoms with Gasteiger partial charge in [0.25, 0.3) is 0 Å². The zero-order valence-electron chi connectivity index (χ0n) is 16.5. The molecule has 0 aliphatic carbocycles. The van der Waals surface area contributed by atoms with Crippen LogP contribution in [0.3, 0.4) is 0 Å². The van der Waals surface area contributed by atoms with Crippen LogP contribution in [0.2, 0.25) is 5.02 Å². The van der Waals surface area contributed by atoms with Gasteiger partial charge in [0.15, 0.2) is 17.3 Å². The fourth-order valence-corrected chi connectivity index (χ4v) is 5.84. The molecule has 0 saturated carbocycles. The number of Topliss-reactive ketones (excluding diaryl/α,β-unsaturated/α-hetero) is 1. The summed E-state index contributed by atoms with van der Waals surface area (Å²) in [5.74, 6) is -0.949. The molecule has 0 spiro atoms. The Morgan fingerprint density at radius 1 is 1.00 bits per heavy atom. The maximum atomic E-state index is 13.6. The van der Waals surface area contributed by atoms with Crippen LogP contribution in [0.25, 0.3) is 0 Å². The number of benzene rings is 2. The summed E-state index contributed by atoms with van der Waals surface area (Å²) in [6, 6.07) is 11.1. The summed E-state index contributed by atoms with van der Waals surface area (Å²) in [6.45, 7) is 0.806. The Balaban J connectivity index is 1.41. The number of carbonyl (C=O) groups is 3. The molecule has 158 valence electrons. The van der Waals surface area contributed by atoms with Crippen molar-refractivity contribution in [3.8, 4) is 11.5 Å². The van der Waals surface area contributed by atoms with E-state index in [-0.39, 0.29) is 30.4 Å². The molecule has 0 aromatic heterocycles. The molecule has 4 heterocycles. The number of carbonyl (C=O) groups excluding carboxylic acids is 3. The second-order valence-electron chi connectivity index (χ2n) is 8.34. The number of halogens is 1. The molecule has 31 heavy (non-hydrogen) atoms. The number of ketones is 1. The highest BCUT2D eigenvalue weighted by molar-refractivity contribution is 6.34. The van der Waals surface area contributed by atoms with E-state index in [0.717, 1.165) is 12.8 Å². The van der Waals surface area contributed by atoms with Gasteiger partial charge >= 0.3 is 0 Å². The molecule has 3 fully saturated rings. The lowest BCUT2D eigenvalue weighted by Crippen LogP contribution is -2.46. The number of rotatable bonds is 3. The van der Waals surface area contributed by atoms with Crippen LogP contribution in [0.5, 0.6) is 11.5 Å². The van der Waals surface area contributed by atoms with Crippen LogP contribution in [0.1, 0.15) is 23.2 Å². The molecule has 0 radical (unpaired) electrons. The predicted octanol–water partition coefficient (Wildman–Crippen LogP) is 2.90. The zero-order chi connectivity index (χ0) is 21.3. The van der Waals surface area contributed by atoms with Crippen molar-refractivity contribution in [3.05, 3.63) is 53.1 Å². The van der Waals surface area contributed by atoms with Crippen molar-refractivity contribution >= 4 is 34.9 Å². The number of amides is 2. The van der Waals surface area contributed by atoms with Gasteiger partial charge in [-0.1, -0.05) is 23.7 Å². The van der Waals surface area contributed by atoms with Crippen LogP contribution in [0, 0.1) is 11.8 Å². The summed E-state index contributed by atoms with van der Waals surface area (Å²) in [5.41, 5.74) is 0.837. The maximum Gasteiger partial charge on any atom is 0.239 e. The van der Waals surface area contributed by atoms with Gasteiger partial charge in [-0.05, 0) is 43.7 Å². The predicted molar refractivity (Wildman–Crippen MR) is 111 cm³/mol.